The molecule has 2 aromatic rings. The van der Waals surface area contributed by atoms with Crippen LogP contribution in [0.5, 0.6) is 5.88 Å². The topological polar surface area (TPSA) is 119 Å². The van der Waals surface area contributed by atoms with Crippen LogP contribution < -0.4 is 10.4 Å². The quantitative estimate of drug-likeness (QED) is 0.828. The van der Waals surface area contributed by atoms with Crippen molar-refractivity contribution in [2.24, 2.45) is 0 Å². The third-order valence-corrected chi connectivity index (χ3v) is 5.45. The van der Waals surface area contributed by atoms with Gasteiger partial charge in [-0.15, -0.1) is 0 Å². The van der Waals surface area contributed by atoms with Gasteiger partial charge in [0.1, 0.15) is 6.10 Å². The highest BCUT2D eigenvalue weighted by Crippen LogP contribution is 2.17. The van der Waals surface area contributed by atoms with E-state index in [1.807, 2.05) is 0 Å². The number of sulfone groups is 1. The lowest BCUT2D eigenvalue weighted by molar-refractivity contribution is 0.0868. The van der Waals surface area contributed by atoms with Crippen LogP contribution in [0, 0.1) is 0 Å². The van der Waals surface area contributed by atoms with E-state index in [0.717, 1.165) is 6.26 Å². The highest BCUT2D eigenvalue weighted by Gasteiger charge is 2.23. The van der Waals surface area contributed by atoms with Crippen LogP contribution in [-0.4, -0.2) is 59.5 Å². The molecule has 0 saturated carbocycles. The maximum absolute atomic E-state index is 12.3. The minimum absolute atomic E-state index is 0.167. The van der Waals surface area contributed by atoms with Gasteiger partial charge in [-0.2, -0.15) is 4.98 Å². The highest BCUT2D eigenvalue weighted by atomic mass is 32.2. The number of ether oxygens (including phenoxy) is 1. The number of hydrogen-bond acceptors (Lipinski definition) is 6. The Bertz CT molecular complexity index is 992. The Labute approximate surface area is 155 Å². The van der Waals surface area contributed by atoms with Crippen molar-refractivity contribution >= 4 is 15.9 Å². The van der Waals surface area contributed by atoms with E-state index >= 15 is 0 Å². The maximum Gasteiger partial charge on any atom is 0.407 e. The summed E-state index contributed by atoms with van der Waals surface area (Å²) in [6.45, 7) is 0.757. The van der Waals surface area contributed by atoms with Crippen LogP contribution in [-0.2, 0) is 9.84 Å². The highest BCUT2D eigenvalue weighted by molar-refractivity contribution is 7.90. The molecule has 9 nitrogen and oxygen atoms in total. The van der Waals surface area contributed by atoms with Gasteiger partial charge in [-0.3, -0.25) is 4.57 Å². The lowest BCUT2D eigenvalue weighted by Crippen LogP contribution is -2.41. The van der Waals surface area contributed by atoms with Gasteiger partial charge in [0.15, 0.2) is 9.84 Å². The summed E-state index contributed by atoms with van der Waals surface area (Å²) in [5.74, 6) is 0.179. The molecule has 0 bridgehead atoms. The minimum Gasteiger partial charge on any atom is -0.474 e. The second kappa shape index (κ2) is 7.39. The predicted octanol–water partition coefficient (Wildman–Crippen LogP) is 1.16. The van der Waals surface area contributed by atoms with Crippen molar-refractivity contribution in [3.8, 4) is 11.6 Å². The summed E-state index contributed by atoms with van der Waals surface area (Å²) in [6, 6.07) is 7.47. The van der Waals surface area contributed by atoms with Crippen LogP contribution in [0.4, 0.5) is 4.79 Å². The summed E-state index contributed by atoms with van der Waals surface area (Å²) in [4.78, 5) is 28.6. The van der Waals surface area contributed by atoms with Crippen molar-refractivity contribution in [2.45, 2.75) is 23.8 Å². The van der Waals surface area contributed by atoms with Crippen LogP contribution in [0.3, 0.4) is 0 Å². The molecule has 0 spiro atoms. The summed E-state index contributed by atoms with van der Waals surface area (Å²) >= 11 is 0. The fourth-order valence-corrected chi connectivity index (χ4v) is 3.47. The Morgan fingerprint density at radius 1 is 1.19 bits per heavy atom. The average molecular weight is 393 g/mol. The van der Waals surface area contributed by atoms with E-state index in [1.165, 1.54) is 39.9 Å². The summed E-state index contributed by atoms with van der Waals surface area (Å²) < 4.78 is 30.0. The Balaban J connectivity index is 1.71. The molecule has 1 amide bonds. The Morgan fingerprint density at radius 2 is 1.81 bits per heavy atom. The first-order valence-electron chi connectivity index (χ1n) is 8.29. The molecule has 3 rings (SSSR count). The normalized spacial score (nSPS) is 15.5. The van der Waals surface area contributed by atoms with Crippen molar-refractivity contribution in [3.05, 3.63) is 47.0 Å². The van der Waals surface area contributed by atoms with Gasteiger partial charge in [-0.05, 0) is 24.3 Å². The molecule has 1 aliphatic rings. The standard InChI is InChI=1S/C17H19N3O6S/c1-27(24,25)14-4-2-12(3-5-14)20-11-8-15(18-16(20)21)26-13-6-9-19(10-7-13)17(22)23/h2-5,8,11,13H,6-7,9-10H2,1H3,(H,22,23). The molecular weight excluding hydrogens is 374 g/mol. The number of likely N-dealkylation sites (tertiary alicyclic amines) is 1. The maximum atomic E-state index is 12.3. The Morgan fingerprint density at radius 3 is 2.33 bits per heavy atom. The molecule has 1 saturated heterocycles. The molecule has 10 heteroatoms. The number of aromatic nitrogens is 2. The second-order valence-electron chi connectivity index (χ2n) is 6.27. The van der Waals surface area contributed by atoms with Crippen LogP contribution in [0.1, 0.15) is 12.8 Å². The van der Waals surface area contributed by atoms with Gasteiger partial charge >= 0.3 is 11.8 Å². The van der Waals surface area contributed by atoms with E-state index in [1.54, 1.807) is 6.07 Å². The number of benzene rings is 1. The third kappa shape index (κ3) is 4.45. The van der Waals surface area contributed by atoms with Gasteiger partial charge < -0.3 is 14.7 Å². The van der Waals surface area contributed by atoms with Gasteiger partial charge in [0.25, 0.3) is 0 Å². The van der Waals surface area contributed by atoms with Crippen molar-refractivity contribution in [1.29, 1.82) is 0 Å². The molecular formula is C17H19N3O6S. The first-order valence-corrected chi connectivity index (χ1v) is 10.2. The van der Waals surface area contributed by atoms with Crippen LogP contribution in [0.15, 0.2) is 46.2 Å². The monoisotopic (exact) mass is 393 g/mol. The first-order chi connectivity index (χ1) is 12.7. The summed E-state index contributed by atoms with van der Waals surface area (Å²) in [6.07, 6.45) is 2.54. The first kappa shape index (κ1) is 18.9. The minimum atomic E-state index is -3.31. The van der Waals surface area contributed by atoms with E-state index < -0.39 is 21.6 Å². The van der Waals surface area contributed by atoms with Gasteiger partial charge in [-0.25, -0.2) is 18.0 Å². The smallest absolute Gasteiger partial charge is 0.407 e. The number of carbonyl (C=O) groups is 1. The van der Waals surface area contributed by atoms with Crippen molar-refractivity contribution in [3.63, 3.8) is 0 Å². The third-order valence-electron chi connectivity index (χ3n) is 4.32. The molecule has 0 radical (unpaired) electrons. The number of rotatable bonds is 4. The van der Waals surface area contributed by atoms with Crippen molar-refractivity contribution < 1.29 is 23.1 Å². The molecule has 1 aromatic carbocycles. The molecule has 144 valence electrons. The molecule has 1 aliphatic heterocycles. The number of amides is 1. The lowest BCUT2D eigenvalue weighted by atomic mass is 10.1. The summed E-state index contributed by atoms with van der Waals surface area (Å²) in [5.41, 5.74) is -0.0659. The molecule has 0 aliphatic carbocycles. The lowest BCUT2D eigenvalue weighted by Gasteiger charge is -2.29. The van der Waals surface area contributed by atoms with E-state index in [-0.39, 0.29) is 16.9 Å². The van der Waals surface area contributed by atoms with E-state index in [0.29, 0.717) is 31.6 Å². The fraction of sp³-hybridized carbons (Fsp3) is 0.353. The molecule has 1 N–H and O–H groups in total. The largest absolute Gasteiger partial charge is 0.474 e. The number of hydrogen-bond donors (Lipinski definition) is 1. The van der Waals surface area contributed by atoms with Crippen molar-refractivity contribution in [2.75, 3.05) is 19.3 Å². The Kier molecular flexibility index (Phi) is 5.17. The fourth-order valence-electron chi connectivity index (χ4n) is 2.84. The molecule has 1 aromatic heterocycles. The van der Waals surface area contributed by atoms with Crippen LogP contribution in [0.25, 0.3) is 5.69 Å². The number of carboxylic acid groups (broad SMARTS) is 1. The second-order valence-corrected chi connectivity index (χ2v) is 8.29. The van der Waals surface area contributed by atoms with Gasteiger partial charge in [0, 0.05) is 44.5 Å². The molecule has 27 heavy (non-hydrogen) atoms. The van der Waals surface area contributed by atoms with E-state index in [9.17, 15) is 18.0 Å². The predicted molar refractivity (Wildman–Crippen MR) is 96.2 cm³/mol. The zero-order chi connectivity index (χ0) is 19.6. The molecule has 0 atom stereocenters. The van der Waals surface area contributed by atoms with Gasteiger partial charge in [0.2, 0.25) is 5.88 Å². The van der Waals surface area contributed by atoms with Crippen molar-refractivity contribution in [1.82, 2.24) is 14.5 Å². The molecule has 0 unspecified atom stereocenters. The molecule has 2 heterocycles. The van der Waals surface area contributed by atoms with Gasteiger partial charge in [0.05, 0.1) is 10.6 Å². The summed E-state index contributed by atoms with van der Waals surface area (Å²) in [5, 5.41) is 8.95. The SMILES string of the molecule is CS(=O)(=O)c1ccc(-n2ccc(OC3CCN(C(=O)O)CC3)nc2=O)cc1. The zero-order valence-corrected chi connectivity index (χ0v) is 15.4. The van der Waals surface area contributed by atoms with E-state index in [4.69, 9.17) is 9.84 Å². The molecule has 1 fully saturated rings. The van der Waals surface area contributed by atoms with Crippen LogP contribution in [0.2, 0.25) is 0 Å². The number of nitrogens with zero attached hydrogens (tertiary/aromatic N) is 3. The zero-order valence-electron chi connectivity index (χ0n) is 14.6. The average Bonchev–Trinajstić information content (AvgIpc) is 2.62. The summed E-state index contributed by atoms with van der Waals surface area (Å²) in [7, 11) is -3.31. The van der Waals surface area contributed by atoms with Gasteiger partial charge in [-0.1, -0.05) is 0 Å². The van der Waals surface area contributed by atoms with E-state index in [2.05, 4.69) is 4.98 Å². The van der Waals surface area contributed by atoms with Crippen LogP contribution >= 0.6 is 0 Å². The number of piperidine rings is 1. The Hall–Kier alpha value is -2.88.